The Bertz CT molecular complexity index is 1190. The maximum atomic E-state index is 13.1. The number of hydrogen-bond donors (Lipinski definition) is 1. The fraction of sp³-hybridized carbons (Fsp3) is 0.364. The van der Waals surface area contributed by atoms with E-state index < -0.39 is 11.2 Å². The molecule has 0 saturated heterocycles. The summed E-state index contributed by atoms with van der Waals surface area (Å²) in [5.41, 5.74) is 0.341. The number of benzene rings is 1. The van der Waals surface area contributed by atoms with E-state index in [1.165, 1.54) is 23.5 Å². The molecule has 0 unspecified atom stereocenters. The van der Waals surface area contributed by atoms with Gasteiger partial charge in [0.25, 0.3) is 5.91 Å². The molecule has 4 rings (SSSR count). The molecule has 1 atom stereocenters. The summed E-state index contributed by atoms with van der Waals surface area (Å²) < 4.78 is 20.1. The van der Waals surface area contributed by atoms with E-state index in [-0.39, 0.29) is 29.0 Å². The number of carbonyl (C=O) groups is 1. The minimum Gasteiger partial charge on any atom is -0.503 e. The fourth-order valence-electron chi connectivity index (χ4n) is 3.85. The lowest BCUT2D eigenvalue weighted by molar-refractivity contribution is 0.0578. The molecule has 1 aromatic carbocycles. The minimum atomic E-state index is -0.663. The predicted octanol–water partition coefficient (Wildman–Crippen LogP) is 2.86. The summed E-state index contributed by atoms with van der Waals surface area (Å²) in [5.74, 6) is -1.29. The van der Waals surface area contributed by atoms with Crippen molar-refractivity contribution in [3.05, 3.63) is 62.8 Å². The van der Waals surface area contributed by atoms with Crippen molar-refractivity contribution in [3.8, 4) is 16.3 Å². The molecule has 1 amide bonds. The molecule has 2 aromatic heterocycles. The lowest BCUT2D eigenvalue weighted by Gasteiger charge is -2.36. The van der Waals surface area contributed by atoms with Gasteiger partial charge in [-0.1, -0.05) is 30.4 Å². The number of methoxy groups -OCH3 is 1. The topological polar surface area (TPSA) is 97.6 Å². The third kappa shape index (κ3) is 4.15. The van der Waals surface area contributed by atoms with Crippen LogP contribution in [-0.2, 0) is 11.2 Å². The SMILES string of the molecule is CCCN1C[C@H](COC)n2cc(-c3nnc(Cc4ccc(F)cc4)s3)c(=O)c(O)c2C1=O. The smallest absolute Gasteiger partial charge is 0.274 e. The lowest BCUT2D eigenvalue weighted by Crippen LogP contribution is -2.45. The number of aromatic nitrogens is 3. The Morgan fingerprint density at radius 1 is 1.25 bits per heavy atom. The van der Waals surface area contributed by atoms with Gasteiger partial charge < -0.3 is 19.3 Å². The van der Waals surface area contributed by atoms with Crippen molar-refractivity contribution in [2.75, 3.05) is 26.8 Å². The monoisotopic (exact) mass is 458 g/mol. The van der Waals surface area contributed by atoms with Gasteiger partial charge in [-0.2, -0.15) is 0 Å². The second-order valence-electron chi connectivity index (χ2n) is 7.64. The highest BCUT2D eigenvalue weighted by atomic mass is 32.1. The normalized spacial score (nSPS) is 15.8. The van der Waals surface area contributed by atoms with Gasteiger partial charge in [-0.25, -0.2) is 4.39 Å². The number of aromatic hydroxyl groups is 1. The van der Waals surface area contributed by atoms with Gasteiger partial charge in [-0.3, -0.25) is 9.59 Å². The van der Waals surface area contributed by atoms with Crippen LogP contribution < -0.4 is 5.43 Å². The summed E-state index contributed by atoms with van der Waals surface area (Å²) in [6, 6.07) is 5.83. The predicted molar refractivity (Wildman–Crippen MR) is 118 cm³/mol. The molecule has 0 bridgehead atoms. The zero-order valence-electron chi connectivity index (χ0n) is 17.7. The molecular weight excluding hydrogens is 435 g/mol. The number of nitrogens with zero attached hydrogens (tertiary/aromatic N) is 4. The Hall–Kier alpha value is -3.11. The summed E-state index contributed by atoms with van der Waals surface area (Å²) in [4.78, 5) is 27.5. The molecule has 168 valence electrons. The van der Waals surface area contributed by atoms with Crippen LogP contribution in [0.5, 0.6) is 5.75 Å². The Morgan fingerprint density at radius 2 is 2.00 bits per heavy atom. The second kappa shape index (κ2) is 9.17. The first-order chi connectivity index (χ1) is 15.4. The first kappa shape index (κ1) is 22.1. The maximum Gasteiger partial charge on any atom is 0.274 e. The Kier molecular flexibility index (Phi) is 6.33. The van der Waals surface area contributed by atoms with E-state index in [1.807, 2.05) is 6.92 Å². The van der Waals surface area contributed by atoms with Crippen LogP contribution in [0.25, 0.3) is 10.6 Å². The van der Waals surface area contributed by atoms with Crippen molar-refractivity contribution < 1.29 is 19.0 Å². The number of halogens is 1. The molecule has 0 radical (unpaired) electrons. The Balaban J connectivity index is 1.72. The number of rotatable bonds is 7. The van der Waals surface area contributed by atoms with E-state index in [0.29, 0.717) is 36.1 Å². The number of hydrogen-bond acceptors (Lipinski definition) is 7. The van der Waals surface area contributed by atoms with Crippen LogP contribution in [0.3, 0.4) is 0 Å². The van der Waals surface area contributed by atoms with Gasteiger partial charge in [0.1, 0.15) is 10.8 Å². The molecule has 0 aliphatic carbocycles. The van der Waals surface area contributed by atoms with E-state index in [0.717, 1.165) is 12.0 Å². The van der Waals surface area contributed by atoms with Gasteiger partial charge in [0.2, 0.25) is 5.43 Å². The van der Waals surface area contributed by atoms with E-state index >= 15 is 0 Å². The molecule has 1 aliphatic heterocycles. The molecule has 3 heterocycles. The van der Waals surface area contributed by atoms with Gasteiger partial charge in [-0.05, 0) is 24.1 Å². The molecule has 0 fully saturated rings. The Labute approximate surface area is 187 Å². The summed E-state index contributed by atoms with van der Waals surface area (Å²) in [5, 5.41) is 20.0. The summed E-state index contributed by atoms with van der Waals surface area (Å²) >= 11 is 1.22. The molecule has 8 nitrogen and oxygen atoms in total. The molecule has 3 aromatic rings. The van der Waals surface area contributed by atoms with Crippen LogP contribution in [0.1, 0.15) is 40.4 Å². The molecular formula is C22H23FN4O4S. The highest BCUT2D eigenvalue weighted by Crippen LogP contribution is 2.31. The number of ether oxygens (including phenoxy) is 1. The average Bonchev–Trinajstić information content (AvgIpc) is 3.23. The Morgan fingerprint density at radius 3 is 2.69 bits per heavy atom. The highest BCUT2D eigenvalue weighted by Gasteiger charge is 2.35. The zero-order valence-corrected chi connectivity index (χ0v) is 18.6. The number of pyridine rings is 1. The molecule has 0 spiro atoms. The standard InChI is InChI=1S/C22H23FN4O4S/c1-3-8-26-10-15(12-31-2)27-11-16(19(28)20(29)18(27)22(26)30)21-25-24-17(32-21)9-13-4-6-14(23)7-5-13/h4-7,11,15,29H,3,8-10,12H2,1-2H3/t15-/m1/s1. The van der Waals surface area contributed by atoms with Crippen molar-refractivity contribution in [3.63, 3.8) is 0 Å². The van der Waals surface area contributed by atoms with Crippen LogP contribution in [0.2, 0.25) is 0 Å². The first-order valence-corrected chi connectivity index (χ1v) is 11.1. The van der Waals surface area contributed by atoms with Crippen LogP contribution in [-0.4, -0.2) is 57.5 Å². The molecule has 32 heavy (non-hydrogen) atoms. The molecule has 0 saturated carbocycles. The zero-order chi connectivity index (χ0) is 22.8. The minimum absolute atomic E-state index is 0.0310. The number of amides is 1. The second-order valence-corrected chi connectivity index (χ2v) is 8.70. The molecule has 1 aliphatic rings. The number of carbonyl (C=O) groups excluding carboxylic acids is 1. The van der Waals surface area contributed by atoms with Crippen molar-refractivity contribution in [1.29, 1.82) is 0 Å². The largest absolute Gasteiger partial charge is 0.503 e. The van der Waals surface area contributed by atoms with Crippen LogP contribution in [0.4, 0.5) is 4.39 Å². The van der Waals surface area contributed by atoms with E-state index in [9.17, 15) is 19.1 Å². The van der Waals surface area contributed by atoms with Gasteiger partial charge in [-0.15, -0.1) is 10.2 Å². The van der Waals surface area contributed by atoms with E-state index in [1.54, 1.807) is 34.9 Å². The van der Waals surface area contributed by atoms with Crippen molar-refractivity contribution in [2.45, 2.75) is 25.8 Å². The van der Waals surface area contributed by atoms with Crippen LogP contribution in [0, 0.1) is 5.82 Å². The van der Waals surface area contributed by atoms with Gasteiger partial charge in [0.15, 0.2) is 16.5 Å². The van der Waals surface area contributed by atoms with E-state index in [4.69, 9.17) is 4.74 Å². The van der Waals surface area contributed by atoms with Crippen molar-refractivity contribution in [2.24, 2.45) is 0 Å². The lowest BCUT2D eigenvalue weighted by atomic mass is 10.1. The van der Waals surface area contributed by atoms with Crippen LogP contribution in [0.15, 0.2) is 35.3 Å². The quantitative estimate of drug-likeness (QED) is 0.585. The molecule has 10 heteroatoms. The number of fused-ring (bicyclic) bond motifs is 1. The van der Waals surface area contributed by atoms with Gasteiger partial charge >= 0.3 is 0 Å². The first-order valence-electron chi connectivity index (χ1n) is 10.3. The third-order valence-electron chi connectivity index (χ3n) is 5.34. The third-order valence-corrected chi connectivity index (χ3v) is 6.30. The average molecular weight is 459 g/mol. The fourth-order valence-corrected chi connectivity index (χ4v) is 4.73. The van der Waals surface area contributed by atoms with Gasteiger partial charge in [0.05, 0.1) is 18.2 Å². The van der Waals surface area contributed by atoms with Crippen molar-refractivity contribution >= 4 is 17.2 Å². The maximum absolute atomic E-state index is 13.1. The summed E-state index contributed by atoms with van der Waals surface area (Å²) in [6.07, 6.45) is 2.76. The summed E-state index contributed by atoms with van der Waals surface area (Å²) in [7, 11) is 1.57. The van der Waals surface area contributed by atoms with Crippen molar-refractivity contribution in [1.82, 2.24) is 19.7 Å². The highest BCUT2D eigenvalue weighted by molar-refractivity contribution is 7.14. The van der Waals surface area contributed by atoms with Gasteiger partial charge in [0, 0.05) is 32.8 Å². The van der Waals surface area contributed by atoms with Crippen LogP contribution >= 0.6 is 11.3 Å². The molecule has 1 N–H and O–H groups in total. The summed E-state index contributed by atoms with van der Waals surface area (Å²) in [6.45, 7) is 3.22. The van der Waals surface area contributed by atoms with E-state index in [2.05, 4.69) is 10.2 Å².